The highest BCUT2D eigenvalue weighted by molar-refractivity contribution is 4.67. The molecule has 1 heteroatoms. The summed E-state index contributed by atoms with van der Waals surface area (Å²) in [5.41, 5.74) is 0. The normalized spacial score (nSPS) is 31.9. The lowest BCUT2D eigenvalue weighted by molar-refractivity contribution is 0.572. The quantitative estimate of drug-likeness (QED) is 0.496. The van der Waals surface area contributed by atoms with Gasteiger partial charge in [0, 0.05) is 0 Å². The van der Waals surface area contributed by atoms with E-state index in [4.69, 9.17) is 0 Å². The van der Waals surface area contributed by atoms with Gasteiger partial charge in [-0.15, -0.1) is 0 Å². The van der Waals surface area contributed by atoms with Crippen LogP contribution >= 0.6 is 0 Å². The van der Waals surface area contributed by atoms with Crippen molar-refractivity contribution >= 4 is 0 Å². The summed E-state index contributed by atoms with van der Waals surface area (Å²) in [6.07, 6.45) is 3.89. The van der Waals surface area contributed by atoms with Crippen LogP contribution in [0.2, 0.25) is 0 Å². The van der Waals surface area contributed by atoms with Gasteiger partial charge in [-0.3, -0.25) is 0 Å². The van der Waals surface area contributed by atoms with Crippen molar-refractivity contribution in [1.82, 2.24) is 5.32 Å². The summed E-state index contributed by atoms with van der Waals surface area (Å²) in [5.74, 6) is 0.713. The molecule has 0 spiro atoms. The Bertz CT molecular complexity index is 53.4. The van der Waals surface area contributed by atoms with Crippen LogP contribution in [0, 0.1) is 12.8 Å². The van der Waals surface area contributed by atoms with Crippen molar-refractivity contribution in [2.45, 2.75) is 19.3 Å². The van der Waals surface area contributed by atoms with Gasteiger partial charge >= 0.3 is 0 Å². The second-order valence-corrected chi connectivity index (χ2v) is 2.55. The average Bonchev–Trinajstić information content (AvgIpc) is 1.94. The second-order valence-electron chi connectivity index (χ2n) is 2.55. The summed E-state index contributed by atoms with van der Waals surface area (Å²) in [4.78, 5) is 0. The predicted molar refractivity (Wildman–Crippen MR) is 35.6 cm³/mol. The van der Waals surface area contributed by atoms with E-state index in [9.17, 15) is 0 Å². The van der Waals surface area contributed by atoms with Gasteiger partial charge < -0.3 is 5.32 Å². The molecule has 0 bridgehead atoms. The van der Waals surface area contributed by atoms with Crippen LogP contribution in [0.3, 0.4) is 0 Å². The Morgan fingerprint density at radius 2 is 2.12 bits per heavy atom. The summed E-state index contributed by atoms with van der Waals surface area (Å²) in [5, 5.41) is 3.34. The molecule has 47 valence electrons. The van der Waals surface area contributed by atoms with E-state index in [1.807, 2.05) is 0 Å². The molecular weight excluding hydrogens is 98.1 g/mol. The summed E-state index contributed by atoms with van der Waals surface area (Å²) in [6, 6.07) is 0. The van der Waals surface area contributed by atoms with E-state index >= 15 is 0 Å². The fourth-order valence-electron chi connectivity index (χ4n) is 1.09. The Balaban J connectivity index is 2.17. The molecule has 8 heavy (non-hydrogen) atoms. The molecule has 0 saturated carbocycles. The SMILES string of the molecule is [CH2]C1CCCNCC1. The van der Waals surface area contributed by atoms with Crippen LogP contribution in [0.5, 0.6) is 0 Å². The van der Waals surface area contributed by atoms with Crippen LogP contribution in [0.15, 0.2) is 0 Å². The van der Waals surface area contributed by atoms with Crippen molar-refractivity contribution < 1.29 is 0 Å². The van der Waals surface area contributed by atoms with Crippen molar-refractivity contribution in [1.29, 1.82) is 0 Å². The monoisotopic (exact) mass is 112 g/mol. The van der Waals surface area contributed by atoms with E-state index in [0.29, 0.717) is 5.92 Å². The largest absolute Gasteiger partial charge is 0.317 e. The zero-order valence-electron chi connectivity index (χ0n) is 5.32. The first-order chi connectivity index (χ1) is 3.89. The minimum absolute atomic E-state index is 0.713. The molecule has 0 aromatic rings. The molecule has 0 aromatic carbocycles. The fraction of sp³-hybridized carbons (Fsp3) is 0.857. The van der Waals surface area contributed by atoms with E-state index in [-0.39, 0.29) is 0 Å². The Hall–Kier alpha value is -0.0400. The van der Waals surface area contributed by atoms with E-state index in [1.54, 1.807) is 0 Å². The van der Waals surface area contributed by atoms with Gasteiger partial charge in [-0.05, 0) is 38.3 Å². The molecule has 1 heterocycles. The molecular formula is C7H14N. The van der Waals surface area contributed by atoms with E-state index in [2.05, 4.69) is 12.2 Å². The lowest BCUT2D eigenvalue weighted by atomic mass is 10.0. The Morgan fingerprint density at radius 3 is 3.00 bits per heavy atom. The van der Waals surface area contributed by atoms with Crippen molar-refractivity contribution in [3.8, 4) is 0 Å². The van der Waals surface area contributed by atoms with Crippen LogP contribution in [0.4, 0.5) is 0 Å². The van der Waals surface area contributed by atoms with Crippen LogP contribution in [-0.2, 0) is 0 Å². The van der Waals surface area contributed by atoms with Crippen LogP contribution < -0.4 is 5.32 Å². The topological polar surface area (TPSA) is 12.0 Å². The number of rotatable bonds is 0. The third kappa shape index (κ3) is 1.83. The molecule has 1 N–H and O–H groups in total. The molecule has 1 radical (unpaired) electrons. The van der Waals surface area contributed by atoms with Crippen LogP contribution in [-0.4, -0.2) is 13.1 Å². The van der Waals surface area contributed by atoms with E-state index in [1.165, 1.54) is 32.4 Å². The Kier molecular flexibility index (Phi) is 2.34. The molecule has 1 aliphatic heterocycles. The first-order valence-electron chi connectivity index (χ1n) is 3.43. The lowest BCUT2D eigenvalue weighted by Gasteiger charge is -2.02. The van der Waals surface area contributed by atoms with Gasteiger partial charge in [0.25, 0.3) is 0 Å². The number of nitrogens with one attached hydrogen (secondary N) is 1. The minimum atomic E-state index is 0.713. The molecule has 0 aromatic heterocycles. The third-order valence-electron chi connectivity index (χ3n) is 1.70. The maximum atomic E-state index is 4.02. The van der Waals surface area contributed by atoms with Crippen LogP contribution in [0.25, 0.3) is 0 Å². The van der Waals surface area contributed by atoms with E-state index < -0.39 is 0 Å². The van der Waals surface area contributed by atoms with Gasteiger partial charge in [-0.1, -0.05) is 6.92 Å². The molecule has 0 aliphatic carbocycles. The molecule has 0 amide bonds. The summed E-state index contributed by atoms with van der Waals surface area (Å²) in [7, 11) is 0. The van der Waals surface area contributed by atoms with Gasteiger partial charge in [0.2, 0.25) is 0 Å². The van der Waals surface area contributed by atoms with Gasteiger partial charge in [0.1, 0.15) is 0 Å². The number of hydrogen-bond donors (Lipinski definition) is 1. The first kappa shape index (κ1) is 6.09. The molecule has 1 fully saturated rings. The molecule has 1 aliphatic rings. The van der Waals surface area contributed by atoms with Gasteiger partial charge in [0.15, 0.2) is 0 Å². The van der Waals surface area contributed by atoms with Crippen LogP contribution in [0.1, 0.15) is 19.3 Å². The second kappa shape index (κ2) is 3.08. The first-order valence-corrected chi connectivity index (χ1v) is 3.43. The smallest absolute Gasteiger partial charge is 0.00463 e. The predicted octanol–water partition coefficient (Wildman–Crippen LogP) is 1.21. The van der Waals surface area contributed by atoms with Gasteiger partial charge in [0.05, 0.1) is 0 Å². The van der Waals surface area contributed by atoms with Crippen molar-refractivity contribution in [2.75, 3.05) is 13.1 Å². The Labute approximate surface area is 51.5 Å². The highest BCUT2D eigenvalue weighted by Crippen LogP contribution is 2.10. The fourth-order valence-corrected chi connectivity index (χ4v) is 1.09. The van der Waals surface area contributed by atoms with Crippen molar-refractivity contribution in [3.63, 3.8) is 0 Å². The van der Waals surface area contributed by atoms with Crippen molar-refractivity contribution in [3.05, 3.63) is 6.92 Å². The lowest BCUT2D eigenvalue weighted by Crippen LogP contribution is -2.13. The third-order valence-corrected chi connectivity index (χ3v) is 1.70. The molecule has 1 atom stereocenters. The summed E-state index contributed by atoms with van der Waals surface area (Å²) in [6.45, 7) is 6.39. The molecule has 1 rings (SSSR count). The summed E-state index contributed by atoms with van der Waals surface area (Å²) >= 11 is 0. The maximum absolute atomic E-state index is 4.02. The maximum Gasteiger partial charge on any atom is -0.00463 e. The minimum Gasteiger partial charge on any atom is -0.317 e. The van der Waals surface area contributed by atoms with Crippen molar-refractivity contribution in [2.24, 2.45) is 5.92 Å². The Morgan fingerprint density at radius 1 is 1.25 bits per heavy atom. The highest BCUT2D eigenvalue weighted by atomic mass is 14.8. The van der Waals surface area contributed by atoms with Gasteiger partial charge in [-0.25, -0.2) is 0 Å². The molecule has 1 unspecified atom stereocenters. The summed E-state index contributed by atoms with van der Waals surface area (Å²) < 4.78 is 0. The van der Waals surface area contributed by atoms with E-state index in [0.717, 1.165) is 0 Å². The average molecular weight is 112 g/mol. The van der Waals surface area contributed by atoms with Gasteiger partial charge in [-0.2, -0.15) is 0 Å². The highest BCUT2D eigenvalue weighted by Gasteiger charge is 2.04. The molecule has 1 saturated heterocycles. The zero-order chi connectivity index (χ0) is 5.82. The standard InChI is InChI=1S/C7H14N/c1-7-3-2-5-8-6-4-7/h7-8H,1-6H2. The zero-order valence-corrected chi connectivity index (χ0v) is 5.32. The number of hydrogen-bond acceptors (Lipinski definition) is 1. The molecule has 1 nitrogen and oxygen atoms in total.